The minimum absolute atomic E-state index is 0.106. The van der Waals surface area contributed by atoms with E-state index in [0.717, 1.165) is 11.9 Å². The average Bonchev–Trinajstić information content (AvgIpc) is 2.86. The average molecular weight is 303 g/mol. The van der Waals surface area contributed by atoms with Crippen LogP contribution in [0.3, 0.4) is 0 Å². The highest BCUT2D eigenvalue weighted by molar-refractivity contribution is 7.98. The largest absolute Gasteiger partial charge is 0.463 e. The predicted molar refractivity (Wildman–Crippen MR) is 78.2 cm³/mol. The molecule has 0 unspecified atom stereocenters. The van der Waals surface area contributed by atoms with Gasteiger partial charge in [0.15, 0.2) is 5.58 Å². The maximum atomic E-state index is 5.65. The lowest BCUT2D eigenvalue weighted by Gasteiger charge is -2.03. The van der Waals surface area contributed by atoms with Crippen LogP contribution in [0.1, 0.15) is 13.3 Å². The van der Waals surface area contributed by atoms with Gasteiger partial charge in [-0.1, -0.05) is 19.1 Å². The topological polar surface area (TPSA) is 100.0 Å². The minimum Gasteiger partial charge on any atom is -0.463 e. The van der Waals surface area contributed by atoms with E-state index in [4.69, 9.17) is 14.9 Å². The quantitative estimate of drug-likeness (QED) is 0.767. The summed E-state index contributed by atoms with van der Waals surface area (Å²) < 4.78 is 11.0. The van der Waals surface area contributed by atoms with Crippen LogP contribution in [0.5, 0.6) is 6.01 Å². The molecule has 3 aromatic rings. The number of benzene rings is 1. The van der Waals surface area contributed by atoms with Crippen molar-refractivity contribution < 1.29 is 9.15 Å². The van der Waals surface area contributed by atoms with E-state index in [-0.39, 0.29) is 12.0 Å². The van der Waals surface area contributed by atoms with E-state index in [2.05, 4.69) is 19.9 Å². The van der Waals surface area contributed by atoms with Crippen molar-refractivity contribution in [2.75, 3.05) is 12.3 Å². The molecule has 0 saturated heterocycles. The van der Waals surface area contributed by atoms with Gasteiger partial charge in [0, 0.05) is 11.8 Å². The van der Waals surface area contributed by atoms with Crippen LogP contribution >= 0.6 is 11.8 Å². The Morgan fingerprint density at radius 2 is 2.05 bits per heavy atom. The smallest absolute Gasteiger partial charge is 0.322 e. The van der Waals surface area contributed by atoms with Crippen molar-refractivity contribution in [1.82, 2.24) is 19.9 Å². The highest BCUT2D eigenvalue weighted by atomic mass is 32.2. The second kappa shape index (κ2) is 5.96. The van der Waals surface area contributed by atoms with Gasteiger partial charge in [0.1, 0.15) is 5.52 Å². The van der Waals surface area contributed by atoms with Gasteiger partial charge in [-0.3, -0.25) is 0 Å². The maximum absolute atomic E-state index is 5.65. The van der Waals surface area contributed by atoms with Crippen LogP contribution in [-0.2, 0) is 0 Å². The molecule has 108 valence electrons. The summed E-state index contributed by atoms with van der Waals surface area (Å²) in [6, 6.07) is 7.73. The summed E-state index contributed by atoms with van der Waals surface area (Å²) in [6.45, 7) is 2.52. The Bertz CT molecular complexity index is 728. The molecule has 21 heavy (non-hydrogen) atoms. The summed E-state index contributed by atoms with van der Waals surface area (Å²) >= 11 is 1.18. The number of hydrogen-bond donors (Lipinski definition) is 1. The molecule has 0 bridgehead atoms. The standard InChI is InChI=1S/C13H13N5O2S/c1-2-7-19-11-16-10(14)17-12(18-11)21-13-15-8-5-3-4-6-9(8)20-13/h3-6H,2,7H2,1H3,(H2,14,16,17,18). The molecular weight excluding hydrogens is 290 g/mol. The normalized spacial score (nSPS) is 10.9. The molecule has 2 N–H and O–H groups in total. The van der Waals surface area contributed by atoms with Crippen LogP contribution in [-0.4, -0.2) is 26.5 Å². The molecule has 0 aliphatic rings. The molecule has 0 saturated carbocycles. The zero-order valence-electron chi connectivity index (χ0n) is 11.3. The summed E-state index contributed by atoms with van der Waals surface area (Å²) in [5.41, 5.74) is 7.15. The molecule has 0 fully saturated rings. The van der Waals surface area contributed by atoms with Crippen LogP contribution in [0.25, 0.3) is 11.1 Å². The SMILES string of the molecule is CCCOc1nc(N)nc(Sc2nc3ccccc3o2)n1. The molecule has 0 atom stereocenters. The van der Waals surface area contributed by atoms with E-state index in [9.17, 15) is 0 Å². The van der Waals surface area contributed by atoms with Crippen LogP contribution in [0, 0.1) is 0 Å². The Morgan fingerprint density at radius 3 is 2.86 bits per heavy atom. The third kappa shape index (κ3) is 3.22. The molecule has 0 spiro atoms. The first kappa shape index (κ1) is 13.6. The lowest BCUT2D eigenvalue weighted by Crippen LogP contribution is -2.05. The van der Waals surface area contributed by atoms with Crippen molar-refractivity contribution in [3.8, 4) is 6.01 Å². The van der Waals surface area contributed by atoms with Gasteiger partial charge in [-0.25, -0.2) is 4.98 Å². The zero-order valence-corrected chi connectivity index (χ0v) is 12.1. The molecule has 1 aromatic carbocycles. The summed E-state index contributed by atoms with van der Waals surface area (Å²) in [6.07, 6.45) is 0.860. The molecule has 3 rings (SSSR count). The number of hydrogen-bond acceptors (Lipinski definition) is 8. The molecule has 0 aliphatic heterocycles. The third-order valence-corrected chi connectivity index (χ3v) is 3.21. The van der Waals surface area contributed by atoms with Crippen molar-refractivity contribution in [3.05, 3.63) is 24.3 Å². The number of nitrogens with two attached hydrogens (primary N) is 1. The molecule has 2 heterocycles. The highest BCUT2D eigenvalue weighted by Gasteiger charge is 2.12. The van der Waals surface area contributed by atoms with E-state index in [1.165, 1.54) is 11.8 Å². The Hall–Kier alpha value is -2.35. The Morgan fingerprint density at radius 1 is 1.19 bits per heavy atom. The first-order chi connectivity index (χ1) is 10.2. The maximum Gasteiger partial charge on any atom is 0.322 e. The molecule has 0 aliphatic carbocycles. The van der Waals surface area contributed by atoms with Gasteiger partial charge < -0.3 is 14.9 Å². The highest BCUT2D eigenvalue weighted by Crippen LogP contribution is 2.28. The van der Waals surface area contributed by atoms with E-state index >= 15 is 0 Å². The van der Waals surface area contributed by atoms with Gasteiger partial charge in [0.2, 0.25) is 11.1 Å². The monoisotopic (exact) mass is 303 g/mol. The molecule has 0 amide bonds. The van der Waals surface area contributed by atoms with Crippen molar-refractivity contribution in [2.45, 2.75) is 23.7 Å². The fraction of sp³-hybridized carbons (Fsp3) is 0.231. The second-order valence-electron chi connectivity index (χ2n) is 4.16. The summed E-state index contributed by atoms with van der Waals surface area (Å²) in [7, 11) is 0. The van der Waals surface area contributed by atoms with Gasteiger partial charge in [-0.05, 0) is 18.6 Å². The van der Waals surface area contributed by atoms with Crippen LogP contribution in [0.15, 0.2) is 39.1 Å². The molecule has 2 aromatic heterocycles. The summed E-state index contributed by atoms with van der Waals surface area (Å²) in [4.78, 5) is 16.5. The van der Waals surface area contributed by atoms with E-state index in [1.807, 2.05) is 31.2 Å². The van der Waals surface area contributed by atoms with E-state index < -0.39 is 0 Å². The fourth-order valence-electron chi connectivity index (χ4n) is 1.63. The Balaban J connectivity index is 1.84. The van der Waals surface area contributed by atoms with Crippen molar-refractivity contribution in [1.29, 1.82) is 0 Å². The van der Waals surface area contributed by atoms with Gasteiger partial charge in [-0.15, -0.1) is 0 Å². The summed E-state index contributed by atoms with van der Waals surface area (Å²) in [5, 5.41) is 0.836. The number of anilines is 1. The van der Waals surface area contributed by atoms with Gasteiger partial charge >= 0.3 is 6.01 Å². The molecular formula is C13H13N5O2S. The number of oxazole rings is 1. The number of aromatic nitrogens is 4. The molecule has 7 nitrogen and oxygen atoms in total. The minimum atomic E-state index is 0.106. The number of nitrogen functional groups attached to an aromatic ring is 1. The Labute approximate surface area is 125 Å². The van der Waals surface area contributed by atoms with Gasteiger partial charge in [0.25, 0.3) is 5.22 Å². The van der Waals surface area contributed by atoms with Crippen molar-refractivity contribution >= 4 is 28.8 Å². The number of fused-ring (bicyclic) bond motifs is 1. The van der Waals surface area contributed by atoms with Gasteiger partial charge in [0.05, 0.1) is 6.61 Å². The van der Waals surface area contributed by atoms with Crippen LogP contribution in [0.2, 0.25) is 0 Å². The number of para-hydroxylation sites is 2. The van der Waals surface area contributed by atoms with Crippen LogP contribution in [0.4, 0.5) is 5.95 Å². The Kier molecular flexibility index (Phi) is 3.87. The zero-order chi connectivity index (χ0) is 14.7. The first-order valence-electron chi connectivity index (χ1n) is 6.42. The molecule has 8 heteroatoms. The number of rotatable bonds is 5. The van der Waals surface area contributed by atoms with Crippen molar-refractivity contribution in [3.63, 3.8) is 0 Å². The fourth-order valence-corrected chi connectivity index (χ4v) is 2.32. The second-order valence-corrected chi connectivity index (χ2v) is 5.08. The van der Waals surface area contributed by atoms with Crippen molar-refractivity contribution in [2.24, 2.45) is 0 Å². The van der Waals surface area contributed by atoms with E-state index in [1.54, 1.807) is 0 Å². The third-order valence-electron chi connectivity index (χ3n) is 2.50. The summed E-state index contributed by atoms with van der Waals surface area (Å²) in [5.74, 6) is 0.106. The van der Waals surface area contributed by atoms with Gasteiger partial charge in [-0.2, -0.15) is 15.0 Å². The predicted octanol–water partition coefficient (Wildman–Crippen LogP) is 2.54. The molecule has 0 radical (unpaired) electrons. The number of ether oxygens (including phenoxy) is 1. The number of nitrogens with zero attached hydrogens (tertiary/aromatic N) is 4. The van der Waals surface area contributed by atoms with E-state index in [0.29, 0.717) is 22.6 Å². The van der Waals surface area contributed by atoms with Crippen LogP contribution < -0.4 is 10.5 Å². The first-order valence-corrected chi connectivity index (χ1v) is 7.24. The lowest BCUT2D eigenvalue weighted by molar-refractivity contribution is 0.288. The lowest BCUT2D eigenvalue weighted by atomic mass is 10.3.